The fraction of sp³-hybridized carbons (Fsp3) is 0.333. The number of nitrogens with zero attached hydrogens (tertiary/aromatic N) is 3. The second kappa shape index (κ2) is 8.95. The largest absolute Gasteiger partial charge is 0.393 e. The van der Waals surface area contributed by atoms with Gasteiger partial charge in [0.2, 0.25) is 0 Å². The van der Waals surface area contributed by atoms with Crippen LogP contribution in [0.25, 0.3) is 0 Å². The van der Waals surface area contributed by atoms with Crippen molar-refractivity contribution in [3.8, 4) is 0 Å². The number of nitrogens with two attached hydrogens (primary N) is 1. The molecule has 5 nitrogen and oxygen atoms in total. The molecule has 1 fully saturated rings. The van der Waals surface area contributed by atoms with Crippen LogP contribution < -0.4 is 16.0 Å². The van der Waals surface area contributed by atoms with Crippen molar-refractivity contribution in [2.24, 2.45) is 5.92 Å². The maximum absolute atomic E-state index is 6.47. The smallest absolute Gasteiger partial charge is 0.157 e. The molecule has 1 aromatic heterocycles. The van der Waals surface area contributed by atoms with E-state index in [-0.39, 0.29) is 6.04 Å². The van der Waals surface area contributed by atoms with Gasteiger partial charge in [-0.25, -0.2) is 9.97 Å². The average molecular weight is 388 g/mol. The molecule has 1 saturated heterocycles. The van der Waals surface area contributed by atoms with Gasteiger partial charge in [0.25, 0.3) is 0 Å². The third-order valence-electron chi connectivity index (χ3n) is 5.80. The Kier molecular flexibility index (Phi) is 5.94. The summed E-state index contributed by atoms with van der Waals surface area (Å²) in [5.41, 5.74) is 9.73. The molecule has 0 radical (unpaired) electrons. The highest BCUT2D eigenvalue weighted by Crippen LogP contribution is 2.32. The van der Waals surface area contributed by atoms with E-state index in [1.165, 1.54) is 11.1 Å². The number of piperidine rings is 1. The first kappa shape index (κ1) is 19.2. The zero-order chi connectivity index (χ0) is 20.1. The molecule has 0 bridgehead atoms. The first-order valence-electron chi connectivity index (χ1n) is 10.4. The Morgan fingerprint density at radius 3 is 2.34 bits per heavy atom. The number of anilines is 3. The van der Waals surface area contributed by atoms with E-state index < -0.39 is 0 Å². The lowest BCUT2D eigenvalue weighted by atomic mass is 9.90. The van der Waals surface area contributed by atoms with Crippen LogP contribution in [0, 0.1) is 5.92 Å². The summed E-state index contributed by atoms with van der Waals surface area (Å²) in [5, 5.41) is 3.44. The zero-order valence-corrected chi connectivity index (χ0v) is 17.0. The van der Waals surface area contributed by atoms with E-state index in [2.05, 4.69) is 69.6 Å². The molecule has 2 heterocycles. The molecule has 3 aromatic rings. The SMILES string of the molecule is CC(Nc1ncnc(N2CCC(Cc3ccccc3)CC2)c1N)c1ccccc1. The lowest BCUT2D eigenvalue weighted by molar-refractivity contribution is 0.402. The molecule has 1 aliphatic heterocycles. The number of nitrogens with one attached hydrogen (secondary N) is 1. The molecule has 1 atom stereocenters. The Morgan fingerprint density at radius 2 is 1.66 bits per heavy atom. The summed E-state index contributed by atoms with van der Waals surface area (Å²) >= 11 is 0. The van der Waals surface area contributed by atoms with Gasteiger partial charge in [0.15, 0.2) is 11.6 Å². The molecule has 1 aliphatic rings. The van der Waals surface area contributed by atoms with Crippen LogP contribution in [0.3, 0.4) is 0 Å². The molecule has 29 heavy (non-hydrogen) atoms. The van der Waals surface area contributed by atoms with Crippen molar-refractivity contribution < 1.29 is 0 Å². The van der Waals surface area contributed by atoms with Crippen molar-refractivity contribution in [1.82, 2.24) is 9.97 Å². The first-order valence-corrected chi connectivity index (χ1v) is 10.4. The maximum Gasteiger partial charge on any atom is 0.157 e. The van der Waals surface area contributed by atoms with Crippen LogP contribution >= 0.6 is 0 Å². The number of benzene rings is 2. The predicted octanol–water partition coefficient (Wildman–Crippen LogP) is 4.69. The predicted molar refractivity (Wildman–Crippen MR) is 120 cm³/mol. The summed E-state index contributed by atoms with van der Waals surface area (Å²) < 4.78 is 0. The van der Waals surface area contributed by atoms with Crippen molar-refractivity contribution >= 4 is 17.3 Å². The molecule has 2 aromatic carbocycles. The Bertz CT molecular complexity index is 905. The Morgan fingerprint density at radius 1 is 1.00 bits per heavy atom. The third-order valence-corrected chi connectivity index (χ3v) is 5.80. The van der Waals surface area contributed by atoms with Gasteiger partial charge in [0.05, 0.1) is 6.04 Å². The van der Waals surface area contributed by atoms with Crippen molar-refractivity contribution in [2.75, 3.05) is 29.0 Å². The van der Waals surface area contributed by atoms with Gasteiger partial charge >= 0.3 is 0 Å². The van der Waals surface area contributed by atoms with Crippen LogP contribution in [0.5, 0.6) is 0 Å². The van der Waals surface area contributed by atoms with Crippen LogP contribution in [0.1, 0.15) is 36.9 Å². The summed E-state index contributed by atoms with van der Waals surface area (Å²) in [6, 6.07) is 21.2. The van der Waals surface area contributed by atoms with Gasteiger partial charge in [-0.05, 0) is 43.2 Å². The highest BCUT2D eigenvalue weighted by Gasteiger charge is 2.23. The molecular weight excluding hydrogens is 358 g/mol. The minimum atomic E-state index is 0.123. The minimum Gasteiger partial charge on any atom is -0.393 e. The molecular formula is C24H29N5. The van der Waals surface area contributed by atoms with Crippen LogP contribution in [0.15, 0.2) is 67.0 Å². The second-order valence-electron chi connectivity index (χ2n) is 7.86. The van der Waals surface area contributed by atoms with Gasteiger partial charge in [-0.3, -0.25) is 0 Å². The molecule has 0 amide bonds. The van der Waals surface area contributed by atoms with E-state index in [1.54, 1.807) is 6.33 Å². The standard InChI is InChI=1S/C24H29N5/c1-18(21-10-6-3-7-11-21)28-23-22(25)24(27-17-26-23)29-14-12-20(13-15-29)16-19-8-4-2-5-9-19/h2-11,17-18,20H,12-16,25H2,1H3,(H,26,27,28). The van der Waals surface area contributed by atoms with Crippen molar-refractivity contribution in [1.29, 1.82) is 0 Å². The van der Waals surface area contributed by atoms with Crippen LogP contribution in [-0.2, 0) is 6.42 Å². The van der Waals surface area contributed by atoms with E-state index in [0.717, 1.165) is 38.2 Å². The highest BCUT2D eigenvalue weighted by molar-refractivity contribution is 5.75. The number of rotatable bonds is 6. The zero-order valence-electron chi connectivity index (χ0n) is 17.0. The summed E-state index contributed by atoms with van der Waals surface area (Å²) in [6.45, 7) is 4.07. The highest BCUT2D eigenvalue weighted by atomic mass is 15.2. The van der Waals surface area contributed by atoms with E-state index in [0.29, 0.717) is 17.4 Å². The first-order chi connectivity index (χ1) is 14.2. The van der Waals surface area contributed by atoms with Gasteiger partial charge in [0.1, 0.15) is 12.0 Å². The summed E-state index contributed by atoms with van der Waals surface area (Å²) in [4.78, 5) is 11.2. The summed E-state index contributed by atoms with van der Waals surface area (Å²) in [6.07, 6.45) is 5.07. The van der Waals surface area contributed by atoms with Crippen molar-refractivity contribution in [3.05, 3.63) is 78.1 Å². The fourth-order valence-corrected chi connectivity index (χ4v) is 4.08. The quantitative estimate of drug-likeness (QED) is 0.642. The van der Waals surface area contributed by atoms with Gasteiger partial charge in [-0.2, -0.15) is 0 Å². The van der Waals surface area contributed by atoms with Crippen molar-refractivity contribution in [2.45, 2.75) is 32.2 Å². The number of hydrogen-bond donors (Lipinski definition) is 2. The number of aromatic nitrogens is 2. The lowest BCUT2D eigenvalue weighted by Crippen LogP contribution is -2.35. The maximum atomic E-state index is 6.47. The van der Waals surface area contributed by atoms with Gasteiger partial charge < -0.3 is 16.0 Å². The molecule has 0 spiro atoms. The topological polar surface area (TPSA) is 67.1 Å². The molecule has 5 heteroatoms. The Balaban J connectivity index is 1.40. The minimum absolute atomic E-state index is 0.123. The average Bonchev–Trinajstić information content (AvgIpc) is 2.77. The summed E-state index contributed by atoms with van der Waals surface area (Å²) in [5.74, 6) is 2.27. The number of hydrogen-bond acceptors (Lipinski definition) is 5. The fourth-order valence-electron chi connectivity index (χ4n) is 4.08. The molecule has 3 N–H and O–H groups in total. The van der Waals surface area contributed by atoms with Gasteiger partial charge in [-0.1, -0.05) is 60.7 Å². The lowest BCUT2D eigenvalue weighted by Gasteiger charge is -2.33. The van der Waals surface area contributed by atoms with Crippen LogP contribution in [-0.4, -0.2) is 23.1 Å². The third kappa shape index (κ3) is 4.67. The van der Waals surface area contributed by atoms with Crippen LogP contribution in [0.2, 0.25) is 0 Å². The van der Waals surface area contributed by atoms with E-state index in [4.69, 9.17) is 5.73 Å². The van der Waals surface area contributed by atoms with E-state index in [9.17, 15) is 0 Å². The molecule has 4 rings (SSSR count). The Hall–Kier alpha value is -3.08. The number of nitrogen functional groups attached to an aromatic ring is 1. The van der Waals surface area contributed by atoms with Crippen LogP contribution in [0.4, 0.5) is 17.3 Å². The van der Waals surface area contributed by atoms with Gasteiger partial charge in [0, 0.05) is 13.1 Å². The Labute approximate surface area is 173 Å². The molecule has 1 unspecified atom stereocenters. The molecule has 0 aliphatic carbocycles. The van der Waals surface area contributed by atoms with Crippen molar-refractivity contribution in [3.63, 3.8) is 0 Å². The van der Waals surface area contributed by atoms with Gasteiger partial charge in [-0.15, -0.1) is 0 Å². The van der Waals surface area contributed by atoms with E-state index >= 15 is 0 Å². The monoisotopic (exact) mass is 387 g/mol. The normalized spacial score (nSPS) is 15.8. The summed E-state index contributed by atoms with van der Waals surface area (Å²) in [7, 11) is 0. The second-order valence-corrected chi connectivity index (χ2v) is 7.86. The van der Waals surface area contributed by atoms with E-state index in [1.807, 2.05) is 18.2 Å². The molecule has 150 valence electrons. The molecule has 0 saturated carbocycles.